The summed E-state index contributed by atoms with van der Waals surface area (Å²) in [6.45, 7) is 3.88. The van der Waals surface area contributed by atoms with Crippen molar-refractivity contribution < 1.29 is 58.3 Å². The van der Waals surface area contributed by atoms with E-state index in [2.05, 4.69) is 105 Å². The quantitative estimate of drug-likeness (QED) is 0.0151. The first-order valence-corrected chi connectivity index (χ1v) is 24.2. The lowest BCUT2D eigenvalue weighted by molar-refractivity contribution is -0.220. The van der Waals surface area contributed by atoms with Gasteiger partial charge in [-0.2, -0.15) is 0 Å². The lowest BCUT2D eigenvalue weighted by Crippen LogP contribution is -2.64. The fourth-order valence-corrected chi connectivity index (χ4v) is 7.07. The molecule has 1 saturated carbocycles. The van der Waals surface area contributed by atoms with E-state index < -0.39 is 63.1 Å². The van der Waals surface area contributed by atoms with E-state index in [0.29, 0.717) is 13.0 Å². The molecule has 0 aromatic carbocycles. The molecule has 1 rings (SSSR count). The number of aliphatic hydroxyl groups is 5. The number of unbranched alkanes of at least 4 members (excludes halogenated alkanes) is 6. The summed E-state index contributed by atoms with van der Waals surface area (Å²) in [7, 11) is -5.05. The molecular weight excluding hydrogens is 812 g/mol. The van der Waals surface area contributed by atoms with Gasteiger partial charge in [0.1, 0.15) is 42.7 Å². The molecule has 0 aromatic rings. The predicted octanol–water partition coefficient (Wildman–Crippen LogP) is 9.30. The Morgan fingerprint density at radius 2 is 0.903 bits per heavy atom. The standard InChI is InChI=1S/C49H79O12P/c1-3-5-7-9-11-13-15-17-18-19-20-21-22-23-24-25-27-29-31-33-35-37-39-58-40-42(41-59-62(56,57)61-49-47(54)45(52)44(51)46(53)48(49)55)60-43(50)38-36-34-32-30-28-26-16-14-12-10-8-6-4-2/h5-8,11-14,17-18,20-21,23-24,26,28,32,34,42,44-49,51-55H,3-4,9-10,15-16,19,22,25,27,29-31,33,35-41H2,1-2H3,(H,56,57)/b7-5-,8-6-,13-11-,14-12-,18-17-,21-20-,24-23-,28-26-,34-32-. The Balaban J connectivity index is 2.43. The molecule has 0 heterocycles. The number of phosphoric ester groups is 1. The molecule has 0 radical (unpaired) electrons. The molecule has 62 heavy (non-hydrogen) atoms. The van der Waals surface area contributed by atoms with Gasteiger partial charge < -0.3 is 39.9 Å². The molecule has 6 unspecified atom stereocenters. The van der Waals surface area contributed by atoms with Crippen LogP contribution in [0.3, 0.4) is 0 Å². The van der Waals surface area contributed by atoms with Crippen molar-refractivity contribution >= 4 is 13.8 Å². The van der Waals surface area contributed by atoms with Crippen molar-refractivity contribution in [3.63, 3.8) is 0 Å². The normalized spacial score (nSPS) is 23.0. The third-order valence-electron chi connectivity index (χ3n) is 9.65. The van der Waals surface area contributed by atoms with Crippen molar-refractivity contribution in [1.29, 1.82) is 0 Å². The van der Waals surface area contributed by atoms with Gasteiger partial charge in [0.15, 0.2) is 0 Å². The fraction of sp³-hybridized carbons (Fsp3) is 0.612. The minimum atomic E-state index is -5.05. The summed E-state index contributed by atoms with van der Waals surface area (Å²) < 4.78 is 34.0. The first-order chi connectivity index (χ1) is 30.0. The highest BCUT2D eigenvalue weighted by molar-refractivity contribution is 7.47. The second kappa shape index (κ2) is 38.5. The predicted molar refractivity (Wildman–Crippen MR) is 248 cm³/mol. The van der Waals surface area contributed by atoms with Gasteiger partial charge in [-0.3, -0.25) is 13.8 Å². The summed E-state index contributed by atoms with van der Waals surface area (Å²) in [5.41, 5.74) is 0. The highest BCUT2D eigenvalue weighted by Gasteiger charge is 2.51. The van der Waals surface area contributed by atoms with Crippen molar-refractivity contribution in [2.24, 2.45) is 0 Å². The number of rotatable bonds is 36. The van der Waals surface area contributed by atoms with Crippen LogP contribution in [-0.2, 0) is 27.9 Å². The molecule has 6 N–H and O–H groups in total. The molecule has 1 aliphatic rings. The number of aliphatic hydroxyl groups excluding tert-OH is 5. The number of allylic oxidation sites excluding steroid dienone is 18. The van der Waals surface area contributed by atoms with Crippen LogP contribution in [0.2, 0.25) is 0 Å². The summed E-state index contributed by atoms with van der Waals surface area (Å²) in [6, 6.07) is 0. The summed E-state index contributed by atoms with van der Waals surface area (Å²) in [5, 5.41) is 50.1. The van der Waals surface area contributed by atoms with Gasteiger partial charge in [0, 0.05) is 13.0 Å². The lowest BCUT2D eigenvalue weighted by atomic mass is 9.85. The van der Waals surface area contributed by atoms with Crippen molar-refractivity contribution in [3.8, 4) is 0 Å². The number of hydrogen-bond acceptors (Lipinski definition) is 11. The molecule has 1 aliphatic carbocycles. The molecule has 352 valence electrons. The Bertz CT molecular complexity index is 1430. The highest BCUT2D eigenvalue weighted by atomic mass is 31.2. The van der Waals surface area contributed by atoms with Crippen molar-refractivity contribution in [1.82, 2.24) is 0 Å². The SMILES string of the molecule is CC/C=C\C/C=C\C/C=C\C/C=C\C/C=C\CCCCCCCCOCC(COP(=O)(O)OC1C(O)C(O)C(O)C(O)C1O)OC(=O)CC/C=C\C/C=C\C/C=C\C/C=C\CC. The van der Waals surface area contributed by atoms with Crippen LogP contribution < -0.4 is 0 Å². The molecule has 0 spiro atoms. The third-order valence-corrected chi connectivity index (χ3v) is 10.6. The maximum absolute atomic E-state index is 12.8. The van der Waals surface area contributed by atoms with Gasteiger partial charge in [-0.05, 0) is 83.5 Å². The summed E-state index contributed by atoms with van der Waals surface area (Å²) in [4.78, 5) is 23.1. The van der Waals surface area contributed by atoms with E-state index >= 15 is 0 Å². The van der Waals surface area contributed by atoms with Crippen LogP contribution in [0, 0.1) is 0 Å². The number of hydrogen-bond donors (Lipinski definition) is 6. The zero-order chi connectivity index (χ0) is 45.5. The van der Waals surface area contributed by atoms with Crippen LogP contribution in [0.15, 0.2) is 109 Å². The van der Waals surface area contributed by atoms with Crippen LogP contribution in [0.5, 0.6) is 0 Å². The lowest BCUT2D eigenvalue weighted by Gasteiger charge is -2.41. The van der Waals surface area contributed by atoms with Crippen LogP contribution in [-0.4, -0.2) is 98.9 Å². The van der Waals surface area contributed by atoms with Crippen molar-refractivity contribution in [2.45, 2.75) is 172 Å². The smallest absolute Gasteiger partial charge is 0.457 e. The Morgan fingerprint density at radius 1 is 0.516 bits per heavy atom. The number of ether oxygens (including phenoxy) is 2. The first kappa shape index (κ1) is 57.0. The molecule has 0 aromatic heterocycles. The Labute approximate surface area is 372 Å². The zero-order valence-electron chi connectivity index (χ0n) is 37.4. The van der Waals surface area contributed by atoms with Gasteiger partial charge in [-0.25, -0.2) is 4.57 Å². The van der Waals surface area contributed by atoms with Crippen molar-refractivity contribution in [2.75, 3.05) is 19.8 Å². The molecular formula is C49H79O12P. The minimum absolute atomic E-state index is 0.0532. The molecule has 0 amide bonds. The average molecular weight is 891 g/mol. The van der Waals surface area contributed by atoms with Gasteiger partial charge in [0.05, 0.1) is 13.2 Å². The minimum Gasteiger partial charge on any atom is -0.457 e. The molecule has 13 heteroatoms. The van der Waals surface area contributed by atoms with E-state index in [0.717, 1.165) is 103 Å². The third kappa shape index (κ3) is 30.1. The second-order valence-corrected chi connectivity index (χ2v) is 16.5. The number of carbonyl (C=O) groups is 1. The van der Waals surface area contributed by atoms with E-state index in [1.54, 1.807) is 0 Å². The van der Waals surface area contributed by atoms with Crippen LogP contribution in [0.1, 0.15) is 129 Å². The van der Waals surface area contributed by atoms with Crippen LogP contribution in [0.25, 0.3) is 0 Å². The van der Waals surface area contributed by atoms with E-state index in [-0.39, 0.29) is 13.0 Å². The average Bonchev–Trinajstić information content (AvgIpc) is 3.26. The fourth-order valence-electron chi connectivity index (χ4n) is 6.10. The van der Waals surface area contributed by atoms with E-state index in [9.17, 15) is 39.8 Å². The molecule has 1 fully saturated rings. The Morgan fingerprint density at radius 3 is 1.37 bits per heavy atom. The second-order valence-electron chi connectivity index (χ2n) is 15.1. The zero-order valence-corrected chi connectivity index (χ0v) is 38.3. The van der Waals surface area contributed by atoms with E-state index in [4.69, 9.17) is 18.5 Å². The molecule has 0 saturated heterocycles. The largest absolute Gasteiger partial charge is 0.472 e. The molecule has 0 aliphatic heterocycles. The molecule has 12 nitrogen and oxygen atoms in total. The number of esters is 1. The summed E-state index contributed by atoms with van der Waals surface area (Å²) in [5.74, 6) is -0.568. The van der Waals surface area contributed by atoms with Gasteiger partial charge in [-0.15, -0.1) is 0 Å². The van der Waals surface area contributed by atoms with Crippen LogP contribution in [0.4, 0.5) is 0 Å². The Kier molecular flexibility index (Phi) is 35.4. The Hall–Kier alpha value is -3.00. The summed E-state index contributed by atoms with van der Waals surface area (Å²) >= 11 is 0. The van der Waals surface area contributed by atoms with Crippen molar-refractivity contribution in [3.05, 3.63) is 109 Å². The monoisotopic (exact) mass is 891 g/mol. The topological polar surface area (TPSA) is 192 Å². The first-order valence-electron chi connectivity index (χ1n) is 22.7. The summed E-state index contributed by atoms with van der Waals surface area (Å²) in [6.07, 6.45) is 41.8. The number of phosphoric acid groups is 1. The van der Waals surface area contributed by atoms with Gasteiger partial charge >= 0.3 is 13.8 Å². The van der Waals surface area contributed by atoms with Gasteiger partial charge in [0.25, 0.3) is 0 Å². The van der Waals surface area contributed by atoms with E-state index in [1.165, 1.54) is 0 Å². The highest BCUT2D eigenvalue weighted by Crippen LogP contribution is 2.47. The van der Waals surface area contributed by atoms with Gasteiger partial charge in [-0.1, -0.05) is 149 Å². The van der Waals surface area contributed by atoms with Crippen LogP contribution >= 0.6 is 7.82 Å². The maximum Gasteiger partial charge on any atom is 0.472 e. The molecule has 6 atom stereocenters. The molecule has 0 bridgehead atoms. The number of carbonyl (C=O) groups excluding carboxylic acids is 1. The van der Waals surface area contributed by atoms with Gasteiger partial charge in [0.2, 0.25) is 0 Å². The maximum atomic E-state index is 12.8. The van der Waals surface area contributed by atoms with E-state index in [1.807, 2.05) is 18.2 Å².